The zero-order valence-corrected chi connectivity index (χ0v) is 12.1. The molecule has 4 bridgehead atoms. The minimum absolute atomic E-state index is 0.675. The van der Waals surface area contributed by atoms with Crippen molar-refractivity contribution in [3.05, 3.63) is 0 Å². The lowest BCUT2D eigenvalue weighted by atomic mass is 9.54. The van der Waals surface area contributed by atoms with Crippen molar-refractivity contribution in [1.82, 2.24) is 10.2 Å². The van der Waals surface area contributed by atoms with Gasteiger partial charge in [-0.3, -0.25) is 4.90 Å². The highest BCUT2D eigenvalue weighted by Crippen LogP contribution is 2.56. The molecule has 4 saturated carbocycles. The van der Waals surface area contributed by atoms with Crippen LogP contribution in [0.2, 0.25) is 0 Å². The van der Waals surface area contributed by atoms with Crippen LogP contribution in [0.5, 0.6) is 0 Å². The van der Waals surface area contributed by atoms with Gasteiger partial charge < -0.3 is 5.32 Å². The third kappa shape index (κ3) is 1.68. The van der Waals surface area contributed by atoms with Crippen molar-refractivity contribution in [2.45, 2.75) is 51.0 Å². The average Bonchev–Trinajstić information content (AvgIpc) is 2.99. The van der Waals surface area contributed by atoms with Gasteiger partial charge in [0.1, 0.15) is 0 Å². The molecule has 1 spiro atoms. The molecule has 1 N–H and O–H groups in total. The van der Waals surface area contributed by atoms with Crippen LogP contribution >= 0.6 is 0 Å². The monoisotopic (exact) mass is 260 g/mol. The van der Waals surface area contributed by atoms with E-state index >= 15 is 0 Å². The van der Waals surface area contributed by atoms with Crippen LogP contribution in [-0.4, -0.2) is 37.1 Å². The average molecular weight is 260 g/mol. The number of hydrogen-bond acceptors (Lipinski definition) is 2. The van der Waals surface area contributed by atoms with E-state index in [4.69, 9.17) is 0 Å². The molecule has 6 fully saturated rings. The molecule has 106 valence electrons. The molecule has 6 rings (SSSR count). The van der Waals surface area contributed by atoms with Crippen LogP contribution in [0.15, 0.2) is 0 Å². The first kappa shape index (κ1) is 11.6. The van der Waals surface area contributed by atoms with Crippen molar-refractivity contribution in [1.29, 1.82) is 0 Å². The SMILES string of the molecule is C1CC2(CCN(C3C4CC5CC(C4)CC3C5)C2)CN1. The van der Waals surface area contributed by atoms with E-state index in [1.807, 2.05) is 0 Å². The van der Waals surface area contributed by atoms with Crippen LogP contribution in [0.1, 0.15) is 44.9 Å². The molecular formula is C17H28N2. The number of likely N-dealkylation sites (tertiary alicyclic amines) is 1. The molecule has 2 heteroatoms. The standard InChI is InChI=1S/C17H28N2/c1-3-18-10-17(1)2-4-19(11-17)16-14-6-12-5-13(8-14)9-15(16)7-12/h12-16,18H,1-11H2. The van der Waals surface area contributed by atoms with Gasteiger partial charge in [-0.1, -0.05) is 0 Å². The third-order valence-electron chi connectivity index (χ3n) is 7.40. The molecule has 0 aromatic carbocycles. The quantitative estimate of drug-likeness (QED) is 0.779. The second-order valence-electron chi connectivity index (χ2n) is 8.57. The Kier molecular flexibility index (Phi) is 2.42. The fourth-order valence-electron chi connectivity index (χ4n) is 6.86. The normalized spacial score (nSPS) is 56.5. The Morgan fingerprint density at radius 1 is 0.895 bits per heavy atom. The molecule has 0 amide bonds. The molecule has 1 atom stereocenters. The highest BCUT2D eigenvalue weighted by molar-refractivity contribution is 5.05. The summed E-state index contributed by atoms with van der Waals surface area (Å²) in [6.07, 6.45) is 10.8. The van der Waals surface area contributed by atoms with Crippen molar-refractivity contribution in [2.75, 3.05) is 26.2 Å². The Morgan fingerprint density at radius 2 is 1.63 bits per heavy atom. The summed E-state index contributed by atoms with van der Waals surface area (Å²) in [6.45, 7) is 5.41. The number of nitrogens with one attached hydrogen (secondary N) is 1. The van der Waals surface area contributed by atoms with Gasteiger partial charge >= 0.3 is 0 Å². The molecule has 0 aromatic heterocycles. The predicted octanol–water partition coefficient (Wildman–Crippen LogP) is 2.50. The van der Waals surface area contributed by atoms with Gasteiger partial charge in [-0.15, -0.1) is 0 Å². The number of nitrogens with zero attached hydrogens (tertiary/aromatic N) is 1. The molecule has 6 aliphatic rings. The van der Waals surface area contributed by atoms with E-state index in [2.05, 4.69) is 10.2 Å². The van der Waals surface area contributed by atoms with Gasteiger partial charge in [0, 0.05) is 19.1 Å². The maximum absolute atomic E-state index is 3.62. The van der Waals surface area contributed by atoms with Crippen molar-refractivity contribution in [3.63, 3.8) is 0 Å². The van der Waals surface area contributed by atoms with Crippen LogP contribution in [-0.2, 0) is 0 Å². The lowest BCUT2D eigenvalue weighted by Gasteiger charge is -2.57. The Bertz CT molecular complexity index is 343. The molecule has 1 unspecified atom stereocenters. The second kappa shape index (κ2) is 3.98. The summed E-state index contributed by atoms with van der Waals surface area (Å²) in [5, 5.41) is 3.62. The molecule has 19 heavy (non-hydrogen) atoms. The highest BCUT2D eigenvalue weighted by atomic mass is 15.2. The van der Waals surface area contributed by atoms with E-state index in [1.165, 1.54) is 39.0 Å². The zero-order chi connectivity index (χ0) is 12.4. The lowest BCUT2D eigenvalue weighted by Crippen LogP contribution is -2.55. The molecule has 2 aliphatic heterocycles. The zero-order valence-electron chi connectivity index (χ0n) is 12.1. The van der Waals surface area contributed by atoms with E-state index in [0.29, 0.717) is 5.41 Å². The van der Waals surface area contributed by atoms with Gasteiger partial charge in [-0.25, -0.2) is 0 Å². The van der Waals surface area contributed by atoms with E-state index in [-0.39, 0.29) is 0 Å². The fourth-order valence-corrected chi connectivity index (χ4v) is 6.86. The smallest absolute Gasteiger partial charge is 0.0152 e. The Hall–Kier alpha value is -0.0800. The Labute approximate surface area is 117 Å². The molecule has 2 saturated heterocycles. The number of hydrogen-bond donors (Lipinski definition) is 1. The largest absolute Gasteiger partial charge is 0.316 e. The van der Waals surface area contributed by atoms with Crippen molar-refractivity contribution in [3.8, 4) is 0 Å². The molecule has 4 aliphatic carbocycles. The summed E-state index contributed by atoms with van der Waals surface area (Å²) in [6, 6.07) is 0.993. The summed E-state index contributed by atoms with van der Waals surface area (Å²) < 4.78 is 0. The first-order valence-corrected chi connectivity index (χ1v) is 8.76. The molecule has 2 heterocycles. The summed E-state index contributed by atoms with van der Waals surface area (Å²) in [5.41, 5.74) is 0.675. The summed E-state index contributed by atoms with van der Waals surface area (Å²) in [4.78, 5) is 2.96. The Balaban J connectivity index is 1.36. The summed E-state index contributed by atoms with van der Waals surface area (Å²) >= 11 is 0. The maximum atomic E-state index is 3.62. The van der Waals surface area contributed by atoms with Crippen molar-refractivity contribution < 1.29 is 0 Å². The van der Waals surface area contributed by atoms with Crippen LogP contribution in [0, 0.1) is 29.1 Å². The second-order valence-corrected chi connectivity index (χ2v) is 8.57. The van der Waals surface area contributed by atoms with Gasteiger partial charge in [0.25, 0.3) is 0 Å². The Morgan fingerprint density at radius 3 is 2.26 bits per heavy atom. The molecule has 2 nitrogen and oxygen atoms in total. The summed E-state index contributed by atoms with van der Waals surface area (Å²) in [5.74, 6) is 4.42. The first-order valence-electron chi connectivity index (χ1n) is 8.76. The molecule has 0 aromatic rings. The minimum atomic E-state index is 0.675. The summed E-state index contributed by atoms with van der Waals surface area (Å²) in [7, 11) is 0. The van der Waals surface area contributed by atoms with Crippen LogP contribution in [0.3, 0.4) is 0 Å². The maximum Gasteiger partial charge on any atom is 0.0152 e. The molecule has 0 radical (unpaired) electrons. The highest BCUT2D eigenvalue weighted by Gasteiger charge is 2.52. The molecular weight excluding hydrogens is 232 g/mol. The van der Waals surface area contributed by atoms with Crippen molar-refractivity contribution in [2.24, 2.45) is 29.1 Å². The third-order valence-corrected chi connectivity index (χ3v) is 7.40. The van der Waals surface area contributed by atoms with E-state index < -0.39 is 0 Å². The minimum Gasteiger partial charge on any atom is -0.316 e. The van der Waals surface area contributed by atoms with Gasteiger partial charge in [-0.05, 0) is 87.1 Å². The fraction of sp³-hybridized carbons (Fsp3) is 1.00. The van der Waals surface area contributed by atoms with Gasteiger partial charge in [0.2, 0.25) is 0 Å². The first-order chi connectivity index (χ1) is 9.31. The van der Waals surface area contributed by atoms with E-state index in [0.717, 1.165) is 29.7 Å². The van der Waals surface area contributed by atoms with Crippen LogP contribution in [0.25, 0.3) is 0 Å². The lowest BCUT2D eigenvalue weighted by molar-refractivity contribution is -0.0608. The van der Waals surface area contributed by atoms with Crippen LogP contribution in [0.4, 0.5) is 0 Å². The van der Waals surface area contributed by atoms with E-state index in [1.54, 1.807) is 32.1 Å². The predicted molar refractivity (Wildman–Crippen MR) is 76.9 cm³/mol. The van der Waals surface area contributed by atoms with Crippen molar-refractivity contribution >= 4 is 0 Å². The number of rotatable bonds is 1. The van der Waals surface area contributed by atoms with E-state index in [9.17, 15) is 0 Å². The topological polar surface area (TPSA) is 15.3 Å². The van der Waals surface area contributed by atoms with Gasteiger partial charge in [-0.2, -0.15) is 0 Å². The van der Waals surface area contributed by atoms with Gasteiger partial charge in [0.15, 0.2) is 0 Å². The van der Waals surface area contributed by atoms with Crippen LogP contribution < -0.4 is 5.32 Å². The van der Waals surface area contributed by atoms with Gasteiger partial charge in [0.05, 0.1) is 0 Å².